The minimum absolute atomic E-state index is 0.0303. The van der Waals surface area contributed by atoms with E-state index in [1.165, 1.54) is 0 Å². The maximum Gasteiger partial charge on any atom is 0.141 e. The molecule has 3 heteroatoms. The largest absolute Gasteiger partial charge is 0.302 e. The van der Waals surface area contributed by atoms with Crippen molar-refractivity contribution in [3.05, 3.63) is 0 Å². The molecule has 0 aromatic heterocycles. The van der Waals surface area contributed by atoms with E-state index in [4.69, 9.17) is 0 Å². The molecule has 0 aliphatic heterocycles. The molecule has 96 valence electrons. The Bertz CT molecular complexity index is 242. The first-order valence-electron chi connectivity index (χ1n) is 5.91. The maximum atomic E-state index is 12.2. The molecule has 0 heterocycles. The minimum atomic E-state index is -0.350. The molecule has 0 rings (SSSR count). The zero-order chi connectivity index (χ0) is 13.2. The minimum Gasteiger partial charge on any atom is -0.302 e. The lowest BCUT2D eigenvalue weighted by Gasteiger charge is -2.45. The smallest absolute Gasteiger partial charge is 0.141 e. The van der Waals surface area contributed by atoms with E-state index in [9.17, 15) is 4.79 Å². The van der Waals surface area contributed by atoms with Crippen molar-refractivity contribution in [3.63, 3.8) is 0 Å². The van der Waals surface area contributed by atoms with E-state index in [-0.39, 0.29) is 22.3 Å². The van der Waals surface area contributed by atoms with E-state index in [2.05, 4.69) is 31.4 Å². The third kappa shape index (κ3) is 3.29. The van der Waals surface area contributed by atoms with Gasteiger partial charge in [0, 0.05) is 11.8 Å². The molecule has 0 saturated heterocycles. The summed E-state index contributed by atoms with van der Waals surface area (Å²) in [7, 11) is 3.80. The molecular formula is C13H28N2O. The number of hydrogen-bond donors (Lipinski definition) is 2. The summed E-state index contributed by atoms with van der Waals surface area (Å²) in [6, 6.07) is 0. The first-order chi connectivity index (χ1) is 7.00. The molecule has 0 aliphatic rings. The number of hydrogen-bond acceptors (Lipinski definition) is 3. The third-order valence-corrected chi connectivity index (χ3v) is 3.40. The fraction of sp³-hybridized carbons (Fsp3) is 0.923. The molecule has 16 heavy (non-hydrogen) atoms. The Kier molecular flexibility index (Phi) is 4.72. The summed E-state index contributed by atoms with van der Waals surface area (Å²) in [6.07, 6.45) is 0.493. The van der Waals surface area contributed by atoms with E-state index in [0.29, 0.717) is 6.42 Å². The lowest BCUT2D eigenvalue weighted by atomic mass is 9.74. The summed E-state index contributed by atoms with van der Waals surface area (Å²) in [5.41, 5.74) is -0.668. The number of Topliss-reactive ketones (excluding diaryl/α,β-unsaturated/α-hetero) is 1. The van der Waals surface area contributed by atoms with Crippen LogP contribution in [0, 0.1) is 10.8 Å². The van der Waals surface area contributed by atoms with Gasteiger partial charge in [-0.2, -0.15) is 0 Å². The van der Waals surface area contributed by atoms with Crippen molar-refractivity contribution in [2.75, 3.05) is 14.1 Å². The van der Waals surface area contributed by atoms with Crippen molar-refractivity contribution in [2.45, 2.75) is 53.6 Å². The predicted octanol–water partition coefficient (Wildman–Crippen LogP) is 2.17. The third-order valence-electron chi connectivity index (χ3n) is 3.40. The van der Waals surface area contributed by atoms with Crippen LogP contribution in [0.4, 0.5) is 0 Å². The second kappa shape index (κ2) is 4.84. The first kappa shape index (κ1) is 15.6. The molecule has 2 N–H and O–H groups in total. The summed E-state index contributed by atoms with van der Waals surface area (Å²) in [5, 5.41) is 6.55. The topological polar surface area (TPSA) is 41.1 Å². The van der Waals surface area contributed by atoms with Gasteiger partial charge in [0.2, 0.25) is 0 Å². The van der Waals surface area contributed by atoms with Crippen LogP contribution in [-0.4, -0.2) is 25.5 Å². The molecule has 0 radical (unpaired) electrons. The Morgan fingerprint density at radius 3 is 1.50 bits per heavy atom. The van der Waals surface area contributed by atoms with Crippen LogP contribution in [0.1, 0.15) is 48.0 Å². The van der Waals surface area contributed by atoms with Crippen molar-refractivity contribution >= 4 is 5.78 Å². The molecule has 3 nitrogen and oxygen atoms in total. The van der Waals surface area contributed by atoms with Crippen LogP contribution in [0.2, 0.25) is 0 Å². The number of ketones is 1. The molecular weight excluding hydrogens is 200 g/mol. The van der Waals surface area contributed by atoms with Crippen LogP contribution in [-0.2, 0) is 4.79 Å². The number of rotatable bonds is 4. The molecule has 0 amide bonds. The van der Waals surface area contributed by atoms with Gasteiger partial charge < -0.3 is 10.6 Å². The van der Waals surface area contributed by atoms with Gasteiger partial charge in [0.25, 0.3) is 0 Å². The van der Waals surface area contributed by atoms with Crippen molar-refractivity contribution in [1.82, 2.24) is 10.6 Å². The summed E-state index contributed by atoms with van der Waals surface area (Å²) < 4.78 is 0. The highest BCUT2D eigenvalue weighted by atomic mass is 16.1. The first-order valence-corrected chi connectivity index (χ1v) is 5.91. The van der Waals surface area contributed by atoms with Gasteiger partial charge in [0.15, 0.2) is 0 Å². The van der Waals surface area contributed by atoms with Gasteiger partial charge in [-0.3, -0.25) is 4.79 Å². The average Bonchev–Trinajstić information content (AvgIpc) is 2.10. The van der Waals surface area contributed by atoms with Crippen molar-refractivity contribution in [2.24, 2.45) is 10.8 Å². The van der Waals surface area contributed by atoms with Gasteiger partial charge in [-0.25, -0.2) is 0 Å². The fourth-order valence-corrected chi connectivity index (χ4v) is 1.82. The van der Waals surface area contributed by atoms with Crippen LogP contribution >= 0.6 is 0 Å². The van der Waals surface area contributed by atoms with Crippen LogP contribution < -0.4 is 10.6 Å². The van der Waals surface area contributed by atoms with E-state index < -0.39 is 0 Å². The Hall–Kier alpha value is -0.410. The van der Waals surface area contributed by atoms with Gasteiger partial charge in [-0.15, -0.1) is 0 Å². The van der Waals surface area contributed by atoms with Crippen LogP contribution in [0.3, 0.4) is 0 Å². The molecule has 0 aromatic rings. The zero-order valence-electron chi connectivity index (χ0n) is 12.1. The van der Waals surface area contributed by atoms with Gasteiger partial charge in [-0.1, -0.05) is 41.5 Å². The molecule has 0 bridgehead atoms. The Morgan fingerprint density at radius 1 is 0.938 bits per heavy atom. The molecule has 0 saturated carbocycles. The molecule has 0 unspecified atom stereocenters. The number of carbonyl (C=O) groups excluding carboxylic acids is 1. The predicted molar refractivity (Wildman–Crippen MR) is 69.4 cm³/mol. The second-order valence-electron chi connectivity index (χ2n) is 6.51. The van der Waals surface area contributed by atoms with Gasteiger partial charge in [0.05, 0.1) is 5.66 Å². The van der Waals surface area contributed by atoms with Crippen molar-refractivity contribution in [1.29, 1.82) is 0 Å². The van der Waals surface area contributed by atoms with Crippen LogP contribution in [0.25, 0.3) is 0 Å². The Morgan fingerprint density at radius 2 is 1.31 bits per heavy atom. The lowest BCUT2D eigenvalue weighted by Crippen LogP contribution is -2.64. The molecule has 0 fully saturated rings. The summed E-state index contributed by atoms with van der Waals surface area (Å²) >= 11 is 0. The van der Waals surface area contributed by atoms with E-state index >= 15 is 0 Å². The highest BCUT2D eigenvalue weighted by Gasteiger charge is 2.42. The average molecular weight is 228 g/mol. The summed E-state index contributed by atoms with van der Waals surface area (Å²) in [5.74, 6) is 0.270. The van der Waals surface area contributed by atoms with Crippen LogP contribution in [0.5, 0.6) is 0 Å². The van der Waals surface area contributed by atoms with Crippen LogP contribution in [0.15, 0.2) is 0 Å². The monoisotopic (exact) mass is 228 g/mol. The number of carbonyl (C=O) groups is 1. The standard InChI is InChI=1S/C13H28N2O/c1-11(2,3)10(16)9-13(14-7,15-8)12(4,5)6/h14-15H,9H2,1-8H3. The maximum absolute atomic E-state index is 12.2. The van der Waals surface area contributed by atoms with Crippen molar-refractivity contribution < 1.29 is 4.79 Å². The normalized spacial score (nSPS) is 14.0. The van der Waals surface area contributed by atoms with Crippen molar-refractivity contribution in [3.8, 4) is 0 Å². The zero-order valence-corrected chi connectivity index (χ0v) is 12.1. The molecule has 0 atom stereocenters. The number of nitrogens with one attached hydrogen (secondary N) is 2. The van der Waals surface area contributed by atoms with E-state index in [1.54, 1.807) is 0 Å². The molecule has 0 spiro atoms. The SMILES string of the molecule is CNC(CC(=O)C(C)(C)C)(NC)C(C)(C)C. The van der Waals surface area contributed by atoms with E-state index in [0.717, 1.165) is 0 Å². The summed E-state index contributed by atoms with van der Waals surface area (Å²) in [4.78, 5) is 12.2. The van der Waals surface area contributed by atoms with Gasteiger partial charge >= 0.3 is 0 Å². The molecule has 0 aromatic carbocycles. The highest BCUT2D eigenvalue weighted by molar-refractivity contribution is 5.84. The second-order valence-corrected chi connectivity index (χ2v) is 6.51. The van der Waals surface area contributed by atoms with Gasteiger partial charge in [-0.05, 0) is 19.5 Å². The fourth-order valence-electron chi connectivity index (χ4n) is 1.82. The molecule has 0 aliphatic carbocycles. The van der Waals surface area contributed by atoms with E-state index in [1.807, 2.05) is 34.9 Å². The summed E-state index contributed by atoms with van der Waals surface area (Å²) in [6.45, 7) is 12.3. The quantitative estimate of drug-likeness (QED) is 0.725. The Labute approximate surface area is 100 Å². The van der Waals surface area contributed by atoms with Gasteiger partial charge in [0.1, 0.15) is 5.78 Å². The lowest BCUT2D eigenvalue weighted by molar-refractivity contribution is -0.129. The highest BCUT2D eigenvalue weighted by Crippen LogP contribution is 2.33. The Balaban J connectivity index is 5.05.